The van der Waals surface area contributed by atoms with Gasteiger partial charge in [0, 0.05) is 16.3 Å². The van der Waals surface area contributed by atoms with Crippen molar-refractivity contribution in [2.75, 3.05) is 16.4 Å². The van der Waals surface area contributed by atoms with E-state index in [0.29, 0.717) is 16.3 Å². The summed E-state index contributed by atoms with van der Waals surface area (Å²) in [5, 5.41) is 6.14. The number of thiophene rings is 1. The number of carbonyl (C=O) groups is 2. The van der Waals surface area contributed by atoms with E-state index in [0.717, 1.165) is 39.5 Å². The highest BCUT2D eigenvalue weighted by Crippen LogP contribution is 2.39. The molecule has 1 aromatic heterocycles. The molecule has 3 aromatic rings. The van der Waals surface area contributed by atoms with Gasteiger partial charge in [-0.25, -0.2) is 4.79 Å². The molecule has 0 unspecified atom stereocenters. The molecule has 0 saturated carbocycles. The van der Waals surface area contributed by atoms with Gasteiger partial charge in [-0.2, -0.15) is 11.8 Å². The Morgan fingerprint density at radius 3 is 2.36 bits per heavy atom. The summed E-state index contributed by atoms with van der Waals surface area (Å²) in [6, 6.07) is 17.3. The summed E-state index contributed by atoms with van der Waals surface area (Å²) in [4.78, 5) is 25.5. The van der Waals surface area contributed by atoms with Crippen LogP contribution in [0.2, 0.25) is 0 Å². The molecule has 0 radical (unpaired) electrons. The van der Waals surface area contributed by atoms with Crippen molar-refractivity contribution in [2.45, 2.75) is 12.2 Å². The highest BCUT2D eigenvalue weighted by atomic mass is 32.2. The lowest BCUT2D eigenvalue weighted by molar-refractivity contribution is 0.100. The van der Waals surface area contributed by atoms with Crippen molar-refractivity contribution in [2.24, 2.45) is 5.73 Å². The smallest absolute Gasteiger partial charge is 0.324 e. The first-order valence-corrected chi connectivity index (χ1v) is 10.8. The van der Waals surface area contributed by atoms with Crippen molar-refractivity contribution in [3.05, 3.63) is 70.6 Å². The van der Waals surface area contributed by atoms with E-state index in [4.69, 9.17) is 5.73 Å². The van der Waals surface area contributed by atoms with E-state index in [9.17, 15) is 9.59 Å². The summed E-state index contributed by atoms with van der Waals surface area (Å²) in [6.45, 7) is 0. The number of fused-ring (bicyclic) bond motifs is 1. The number of nitrogens with one attached hydrogen (secondary N) is 2. The third kappa shape index (κ3) is 3.90. The standard InChI is InChI=1S/C21H19N3O2S2/c22-19(25)18-16-10-11-27-12-17(16)28-20(18)24-21(26)23-15-8-6-14(7-9-15)13-4-2-1-3-5-13/h1-9H,10-12H2,(H2,22,25)(H2,23,24,26). The highest BCUT2D eigenvalue weighted by molar-refractivity contribution is 7.98. The molecule has 2 aromatic carbocycles. The summed E-state index contributed by atoms with van der Waals surface area (Å²) in [7, 11) is 0. The summed E-state index contributed by atoms with van der Waals surface area (Å²) in [5.41, 5.74) is 9.88. The van der Waals surface area contributed by atoms with Crippen molar-refractivity contribution < 1.29 is 9.59 Å². The summed E-state index contributed by atoms with van der Waals surface area (Å²) < 4.78 is 0. The number of amides is 3. The van der Waals surface area contributed by atoms with E-state index in [-0.39, 0.29) is 6.03 Å². The van der Waals surface area contributed by atoms with E-state index in [1.54, 1.807) is 0 Å². The van der Waals surface area contributed by atoms with Crippen LogP contribution in [0.3, 0.4) is 0 Å². The summed E-state index contributed by atoms with van der Waals surface area (Å²) >= 11 is 3.26. The number of urea groups is 1. The summed E-state index contributed by atoms with van der Waals surface area (Å²) in [6.07, 6.45) is 0.805. The lowest BCUT2D eigenvalue weighted by atomic mass is 10.1. The number of benzene rings is 2. The van der Waals surface area contributed by atoms with E-state index in [2.05, 4.69) is 10.6 Å². The van der Waals surface area contributed by atoms with E-state index >= 15 is 0 Å². The number of anilines is 2. The van der Waals surface area contributed by atoms with Crippen LogP contribution in [0.5, 0.6) is 0 Å². The Morgan fingerprint density at radius 1 is 0.929 bits per heavy atom. The number of nitrogens with two attached hydrogens (primary N) is 1. The van der Waals surface area contributed by atoms with Gasteiger partial charge in [0.2, 0.25) is 0 Å². The van der Waals surface area contributed by atoms with E-state index < -0.39 is 5.91 Å². The van der Waals surface area contributed by atoms with Crippen LogP contribution in [0, 0.1) is 0 Å². The van der Waals surface area contributed by atoms with Gasteiger partial charge in [-0.15, -0.1) is 11.3 Å². The molecule has 4 rings (SSSR count). The first-order chi connectivity index (χ1) is 13.6. The van der Waals surface area contributed by atoms with Gasteiger partial charge >= 0.3 is 6.03 Å². The molecule has 1 aliphatic rings. The summed E-state index contributed by atoms with van der Waals surface area (Å²) in [5.74, 6) is 1.32. The predicted octanol–water partition coefficient (Wildman–Crippen LogP) is 4.95. The van der Waals surface area contributed by atoms with Crippen LogP contribution in [-0.4, -0.2) is 17.7 Å². The van der Waals surface area contributed by atoms with Crippen molar-refractivity contribution in [1.29, 1.82) is 0 Å². The normalized spacial score (nSPS) is 12.9. The van der Waals surface area contributed by atoms with Crippen LogP contribution in [0.1, 0.15) is 20.8 Å². The second-order valence-corrected chi connectivity index (χ2v) is 8.61. The van der Waals surface area contributed by atoms with Crippen LogP contribution < -0.4 is 16.4 Å². The Morgan fingerprint density at radius 2 is 1.64 bits per heavy atom. The monoisotopic (exact) mass is 409 g/mol. The third-order valence-corrected chi connectivity index (χ3v) is 6.86. The van der Waals surface area contributed by atoms with Gasteiger partial charge in [-0.05, 0) is 41.0 Å². The van der Waals surface area contributed by atoms with Gasteiger partial charge in [0.05, 0.1) is 5.56 Å². The number of hydrogen-bond donors (Lipinski definition) is 3. The largest absolute Gasteiger partial charge is 0.365 e. The van der Waals surface area contributed by atoms with Crippen LogP contribution in [0.15, 0.2) is 54.6 Å². The van der Waals surface area contributed by atoms with Crippen molar-refractivity contribution in [1.82, 2.24) is 0 Å². The second-order valence-electron chi connectivity index (χ2n) is 6.40. The maximum absolute atomic E-state index is 12.5. The minimum atomic E-state index is -0.494. The fourth-order valence-electron chi connectivity index (χ4n) is 3.22. The van der Waals surface area contributed by atoms with Crippen molar-refractivity contribution >= 4 is 45.7 Å². The van der Waals surface area contributed by atoms with Crippen LogP contribution >= 0.6 is 23.1 Å². The zero-order chi connectivity index (χ0) is 19.5. The van der Waals surface area contributed by atoms with Gasteiger partial charge in [-0.3, -0.25) is 10.1 Å². The Balaban J connectivity index is 1.48. The topological polar surface area (TPSA) is 84.2 Å². The molecule has 0 spiro atoms. The van der Waals surface area contributed by atoms with Crippen molar-refractivity contribution in [3.63, 3.8) is 0 Å². The molecule has 5 nitrogen and oxygen atoms in total. The first kappa shape index (κ1) is 18.6. The second kappa shape index (κ2) is 8.08. The zero-order valence-electron chi connectivity index (χ0n) is 15.0. The molecule has 142 valence electrons. The zero-order valence-corrected chi connectivity index (χ0v) is 16.7. The number of hydrogen-bond acceptors (Lipinski definition) is 4. The average molecular weight is 410 g/mol. The lowest BCUT2D eigenvalue weighted by Crippen LogP contribution is -2.22. The average Bonchev–Trinajstić information content (AvgIpc) is 3.07. The molecule has 0 saturated heterocycles. The highest BCUT2D eigenvalue weighted by Gasteiger charge is 2.25. The van der Waals surface area contributed by atoms with Crippen LogP contribution in [0.4, 0.5) is 15.5 Å². The van der Waals surface area contributed by atoms with Gasteiger partial charge in [0.1, 0.15) is 5.00 Å². The van der Waals surface area contributed by atoms with Gasteiger partial charge < -0.3 is 11.1 Å². The van der Waals surface area contributed by atoms with Crippen LogP contribution in [0.25, 0.3) is 11.1 Å². The van der Waals surface area contributed by atoms with Gasteiger partial charge in [-0.1, -0.05) is 42.5 Å². The number of rotatable bonds is 4. The Hall–Kier alpha value is -2.77. The maximum atomic E-state index is 12.5. The number of primary amides is 1. The molecule has 28 heavy (non-hydrogen) atoms. The van der Waals surface area contributed by atoms with Crippen molar-refractivity contribution in [3.8, 4) is 11.1 Å². The van der Waals surface area contributed by atoms with Crippen LogP contribution in [-0.2, 0) is 12.2 Å². The molecule has 7 heteroatoms. The molecular weight excluding hydrogens is 390 g/mol. The minimum absolute atomic E-state index is 0.388. The molecule has 0 aliphatic carbocycles. The molecular formula is C21H19N3O2S2. The molecule has 0 fully saturated rings. The van der Waals surface area contributed by atoms with Gasteiger partial charge in [0.15, 0.2) is 0 Å². The maximum Gasteiger partial charge on any atom is 0.324 e. The van der Waals surface area contributed by atoms with E-state index in [1.807, 2.05) is 66.4 Å². The SMILES string of the molecule is NC(=O)c1c(NC(=O)Nc2ccc(-c3ccccc3)cc2)sc2c1CCSC2. The van der Waals surface area contributed by atoms with Gasteiger partial charge in [0.25, 0.3) is 5.91 Å². The molecule has 0 bridgehead atoms. The Labute approximate surface area is 171 Å². The molecule has 3 amide bonds. The fourth-order valence-corrected chi connectivity index (χ4v) is 5.60. The Kier molecular flexibility index (Phi) is 5.36. The third-order valence-electron chi connectivity index (χ3n) is 4.54. The number of thioether (sulfide) groups is 1. The fraction of sp³-hybridized carbons (Fsp3) is 0.143. The molecule has 1 aliphatic heterocycles. The number of carbonyl (C=O) groups excluding carboxylic acids is 2. The quantitative estimate of drug-likeness (QED) is 0.570. The lowest BCUT2D eigenvalue weighted by Gasteiger charge is -2.11. The molecule has 4 N–H and O–H groups in total. The van der Waals surface area contributed by atoms with E-state index in [1.165, 1.54) is 11.3 Å². The molecule has 2 heterocycles. The minimum Gasteiger partial charge on any atom is -0.365 e. The predicted molar refractivity (Wildman–Crippen MR) is 117 cm³/mol. The molecule has 0 atom stereocenters. The Bertz CT molecular complexity index is 1010. The first-order valence-electron chi connectivity index (χ1n) is 8.87.